The first-order valence-corrected chi connectivity index (χ1v) is 8.59. The molecule has 1 heterocycles. The molecule has 28 heavy (non-hydrogen) atoms. The molecule has 0 amide bonds. The van der Waals surface area contributed by atoms with Gasteiger partial charge in [-0.3, -0.25) is 9.59 Å². The first-order chi connectivity index (χ1) is 13.2. The monoisotopic (exact) mass is 430 g/mol. The van der Waals surface area contributed by atoms with Crippen LogP contribution in [0.2, 0.25) is 10.0 Å². The molecule has 1 aromatic heterocycles. The van der Waals surface area contributed by atoms with E-state index in [2.05, 4.69) is 4.98 Å². The third kappa shape index (κ3) is 4.28. The fraction of sp³-hybridized carbons (Fsp3) is 0.167. The summed E-state index contributed by atoms with van der Waals surface area (Å²) in [6.45, 7) is -1.43. The lowest BCUT2D eigenvalue weighted by Crippen LogP contribution is -2.22. The van der Waals surface area contributed by atoms with Gasteiger partial charge in [0.2, 0.25) is 11.6 Å². The van der Waals surface area contributed by atoms with Crippen LogP contribution >= 0.6 is 23.2 Å². The fourth-order valence-corrected chi connectivity index (χ4v) is 3.08. The first-order valence-electron chi connectivity index (χ1n) is 7.83. The minimum Gasteiger partial charge on any atom is -0.456 e. The number of Topliss-reactive ketones (excluding diaryl/α,β-unsaturated/α-hetero) is 1. The summed E-state index contributed by atoms with van der Waals surface area (Å²) in [5, 5.41) is 0.402. The van der Waals surface area contributed by atoms with Crippen molar-refractivity contribution in [2.75, 3.05) is 6.61 Å². The van der Waals surface area contributed by atoms with E-state index in [9.17, 15) is 22.8 Å². The number of aromatic nitrogens is 2. The summed E-state index contributed by atoms with van der Waals surface area (Å²) < 4.78 is 45.2. The largest absolute Gasteiger partial charge is 0.456 e. The summed E-state index contributed by atoms with van der Waals surface area (Å²) >= 11 is 11.7. The van der Waals surface area contributed by atoms with Gasteiger partial charge < -0.3 is 9.30 Å². The van der Waals surface area contributed by atoms with Crippen LogP contribution in [0.3, 0.4) is 0 Å². The van der Waals surface area contributed by atoms with Crippen molar-refractivity contribution in [2.45, 2.75) is 12.7 Å². The number of carbonyl (C=O) groups excluding carboxylic acids is 2. The molecule has 3 rings (SSSR count). The van der Waals surface area contributed by atoms with Gasteiger partial charge in [-0.1, -0.05) is 35.3 Å². The van der Waals surface area contributed by atoms with E-state index >= 15 is 0 Å². The summed E-state index contributed by atoms with van der Waals surface area (Å²) in [6.07, 6.45) is -4.76. The van der Waals surface area contributed by atoms with Crippen LogP contribution in [0.5, 0.6) is 0 Å². The van der Waals surface area contributed by atoms with Gasteiger partial charge in [-0.05, 0) is 30.3 Å². The molecule has 2 aromatic carbocycles. The molecule has 10 heteroatoms. The second-order valence-electron chi connectivity index (χ2n) is 5.72. The minimum atomic E-state index is -4.76. The number of halogens is 5. The molecular formula is C18H11Cl2F3N2O3. The maximum absolute atomic E-state index is 13.2. The Bertz CT molecular complexity index is 1060. The maximum atomic E-state index is 13.2. The molecule has 0 unspecified atom stereocenters. The van der Waals surface area contributed by atoms with Gasteiger partial charge in [0.15, 0.2) is 6.61 Å². The minimum absolute atomic E-state index is 0.0773. The lowest BCUT2D eigenvalue weighted by molar-refractivity contribution is -0.150. The molecule has 0 radical (unpaired) electrons. The number of rotatable bonds is 5. The van der Waals surface area contributed by atoms with Crippen LogP contribution < -0.4 is 0 Å². The Balaban J connectivity index is 1.76. The van der Waals surface area contributed by atoms with Crippen LogP contribution in [0, 0.1) is 0 Å². The van der Waals surface area contributed by atoms with Gasteiger partial charge in [0.1, 0.15) is 6.54 Å². The van der Waals surface area contributed by atoms with E-state index in [4.69, 9.17) is 27.9 Å². The number of ketones is 1. The standard InChI is InChI=1S/C18H11Cl2F3N2O3/c19-10-5-6-11(12(20)7-10)15(26)9-28-16(27)8-25-14-4-2-1-3-13(14)24-17(25)18(21,22)23/h1-7H,8-9H2. The fourth-order valence-electron chi connectivity index (χ4n) is 2.57. The Morgan fingerprint density at radius 2 is 1.82 bits per heavy atom. The van der Waals surface area contributed by atoms with Crippen molar-refractivity contribution in [2.24, 2.45) is 0 Å². The molecular weight excluding hydrogens is 420 g/mol. The number of para-hydroxylation sites is 2. The number of hydrogen-bond donors (Lipinski definition) is 0. The number of esters is 1. The van der Waals surface area contributed by atoms with Gasteiger partial charge in [0.05, 0.1) is 16.1 Å². The number of fused-ring (bicyclic) bond motifs is 1. The van der Waals surface area contributed by atoms with Crippen LogP contribution in [0.25, 0.3) is 11.0 Å². The molecule has 0 saturated heterocycles. The third-order valence-corrected chi connectivity index (χ3v) is 4.34. The highest BCUT2D eigenvalue weighted by atomic mass is 35.5. The summed E-state index contributed by atoms with van der Waals surface area (Å²) in [5.74, 6) is -2.86. The number of carbonyl (C=O) groups is 2. The number of hydrogen-bond acceptors (Lipinski definition) is 4. The molecule has 0 N–H and O–H groups in total. The number of nitrogens with zero attached hydrogens (tertiary/aromatic N) is 2. The van der Waals surface area contributed by atoms with Gasteiger partial charge in [0.25, 0.3) is 0 Å². The third-order valence-electron chi connectivity index (χ3n) is 3.79. The molecule has 0 bridgehead atoms. The van der Waals surface area contributed by atoms with Crippen molar-refractivity contribution < 1.29 is 27.5 Å². The molecule has 0 aliphatic rings. The molecule has 0 saturated carbocycles. The maximum Gasteiger partial charge on any atom is 0.449 e. The van der Waals surface area contributed by atoms with Crippen LogP contribution in [-0.4, -0.2) is 27.9 Å². The zero-order chi connectivity index (χ0) is 20.5. The highest BCUT2D eigenvalue weighted by Gasteiger charge is 2.38. The number of imidazole rings is 1. The van der Waals surface area contributed by atoms with Crippen molar-refractivity contribution in [3.63, 3.8) is 0 Å². The number of benzene rings is 2. The quantitative estimate of drug-likeness (QED) is 0.431. The summed E-state index contributed by atoms with van der Waals surface area (Å²) in [5.41, 5.74) is 0.299. The lowest BCUT2D eigenvalue weighted by atomic mass is 10.1. The molecule has 0 aliphatic heterocycles. The Morgan fingerprint density at radius 3 is 2.50 bits per heavy atom. The topological polar surface area (TPSA) is 61.2 Å². The van der Waals surface area contributed by atoms with Crippen LogP contribution in [0.1, 0.15) is 16.2 Å². The van der Waals surface area contributed by atoms with Crippen LogP contribution in [-0.2, 0) is 22.3 Å². The average Bonchev–Trinajstić information content (AvgIpc) is 2.99. The van der Waals surface area contributed by atoms with E-state index in [1.165, 1.54) is 42.5 Å². The lowest BCUT2D eigenvalue weighted by Gasteiger charge is -2.11. The zero-order valence-electron chi connectivity index (χ0n) is 14.0. The average molecular weight is 431 g/mol. The van der Waals surface area contributed by atoms with Crippen molar-refractivity contribution >= 4 is 46.0 Å². The summed E-state index contributed by atoms with van der Waals surface area (Å²) in [4.78, 5) is 27.7. The number of alkyl halides is 3. The van der Waals surface area contributed by atoms with E-state index < -0.39 is 36.9 Å². The van der Waals surface area contributed by atoms with E-state index in [1.54, 1.807) is 0 Å². The Morgan fingerprint density at radius 1 is 1.11 bits per heavy atom. The van der Waals surface area contributed by atoms with Crippen LogP contribution in [0.4, 0.5) is 13.2 Å². The zero-order valence-corrected chi connectivity index (χ0v) is 15.5. The summed E-state index contributed by atoms with van der Waals surface area (Å²) in [7, 11) is 0. The predicted octanol–water partition coefficient (Wildman–Crippen LogP) is 4.79. The first kappa shape index (κ1) is 20.2. The van der Waals surface area contributed by atoms with Gasteiger partial charge in [-0.15, -0.1) is 0 Å². The molecule has 0 atom stereocenters. The van der Waals surface area contributed by atoms with Crippen molar-refractivity contribution in [1.29, 1.82) is 0 Å². The van der Waals surface area contributed by atoms with Crippen LogP contribution in [0.15, 0.2) is 42.5 Å². The van der Waals surface area contributed by atoms with Gasteiger partial charge in [-0.2, -0.15) is 13.2 Å². The van der Waals surface area contributed by atoms with E-state index in [-0.39, 0.29) is 21.6 Å². The molecule has 0 aliphatic carbocycles. The van der Waals surface area contributed by atoms with Crippen molar-refractivity contribution in [3.05, 3.63) is 63.9 Å². The smallest absolute Gasteiger partial charge is 0.449 e. The Labute approximate surface area is 166 Å². The second-order valence-corrected chi connectivity index (χ2v) is 6.56. The van der Waals surface area contributed by atoms with E-state index in [0.29, 0.717) is 9.59 Å². The molecule has 0 spiro atoms. The Hall–Kier alpha value is -2.58. The normalized spacial score (nSPS) is 11.6. The predicted molar refractivity (Wildman–Crippen MR) is 96.5 cm³/mol. The highest BCUT2D eigenvalue weighted by Crippen LogP contribution is 2.31. The van der Waals surface area contributed by atoms with Gasteiger partial charge in [-0.25, -0.2) is 4.98 Å². The van der Waals surface area contributed by atoms with E-state index in [0.717, 1.165) is 0 Å². The Kier molecular flexibility index (Phi) is 5.62. The van der Waals surface area contributed by atoms with E-state index in [1.807, 2.05) is 0 Å². The molecule has 146 valence electrons. The molecule has 3 aromatic rings. The summed E-state index contributed by atoms with van der Waals surface area (Å²) in [6, 6.07) is 10.0. The number of ether oxygens (including phenoxy) is 1. The second kappa shape index (κ2) is 7.81. The van der Waals surface area contributed by atoms with Crippen molar-refractivity contribution in [1.82, 2.24) is 9.55 Å². The molecule has 5 nitrogen and oxygen atoms in total. The SMILES string of the molecule is O=C(Cn1c(C(F)(F)F)nc2ccccc21)OCC(=O)c1ccc(Cl)cc1Cl. The van der Waals surface area contributed by atoms with Crippen molar-refractivity contribution in [3.8, 4) is 0 Å². The van der Waals surface area contributed by atoms with Gasteiger partial charge >= 0.3 is 12.1 Å². The highest BCUT2D eigenvalue weighted by molar-refractivity contribution is 6.36. The van der Waals surface area contributed by atoms with Gasteiger partial charge in [0, 0.05) is 10.6 Å². The molecule has 0 fully saturated rings.